The molecule has 0 bridgehead atoms. The van der Waals surface area contributed by atoms with E-state index < -0.39 is 6.10 Å². The van der Waals surface area contributed by atoms with Crippen LogP contribution in [0, 0.1) is 11.8 Å². The zero-order valence-electron chi connectivity index (χ0n) is 46.0. The van der Waals surface area contributed by atoms with Crippen molar-refractivity contribution in [1.29, 1.82) is 0 Å². The Bertz CT molecular complexity index is 1030. The van der Waals surface area contributed by atoms with E-state index >= 15 is 0 Å². The lowest BCUT2D eigenvalue weighted by molar-refractivity contribution is -0.167. The number of esters is 3. The highest BCUT2D eigenvalue weighted by Crippen LogP contribution is 2.19. The third-order valence-corrected chi connectivity index (χ3v) is 14.3. The quantitative estimate of drug-likeness (QED) is 0.0343. The monoisotopic (exact) mass is 947 g/mol. The molecule has 0 fully saturated rings. The molecule has 398 valence electrons. The molecule has 0 aromatic rings. The van der Waals surface area contributed by atoms with E-state index in [1.54, 1.807) is 0 Å². The van der Waals surface area contributed by atoms with Crippen LogP contribution in [0.3, 0.4) is 0 Å². The molecule has 0 saturated heterocycles. The van der Waals surface area contributed by atoms with E-state index in [0.717, 1.165) is 69.6 Å². The van der Waals surface area contributed by atoms with Crippen molar-refractivity contribution in [3.63, 3.8) is 0 Å². The van der Waals surface area contributed by atoms with Crippen molar-refractivity contribution in [3.05, 3.63) is 0 Å². The van der Waals surface area contributed by atoms with Crippen LogP contribution in [0.25, 0.3) is 0 Å². The fourth-order valence-corrected chi connectivity index (χ4v) is 9.37. The van der Waals surface area contributed by atoms with Crippen LogP contribution in [0.1, 0.15) is 343 Å². The van der Waals surface area contributed by atoms with Crippen LogP contribution < -0.4 is 0 Å². The molecular formula is C61H118O6. The number of carbonyl (C=O) groups is 3. The number of carbonyl (C=O) groups excluding carboxylic acids is 3. The summed E-state index contributed by atoms with van der Waals surface area (Å²) in [7, 11) is 0. The Hall–Kier alpha value is -1.59. The summed E-state index contributed by atoms with van der Waals surface area (Å²) in [6.45, 7) is 11.5. The second-order valence-corrected chi connectivity index (χ2v) is 21.7. The molecule has 0 amide bonds. The first-order valence-corrected chi connectivity index (χ1v) is 30.3. The van der Waals surface area contributed by atoms with Gasteiger partial charge in [-0.2, -0.15) is 0 Å². The molecule has 2 atom stereocenters. The first-order chi connectivity index (χ1) is 32.8. The van der Waals surface area contributed by atoms with E-state index in [1.807, 2.05) is 0 Å². The van der Waals surface area contributed by atoms with E-state index in [-0.39, 0.29) is 31.1 Å². The summed E-state index contributed by atoms with van der Waals surface area (Å²) in [5.41, 5.74) is 0. The van der Waals surface area contributed by atoms with E-state index in [0.29, 0.717) is 19.3 Å². The Morgan fingerprint density at radius 2 is 0.567 bits per heavy atom. The number of ether oxygens (including phenoxy) is 3. The van der Waals surface area contributed by atoms with Crippen molar-refractivity contribution in [2.75, 3.05) is 13.2 Å². The van der Waals surface area contributed by atoms with Gasteiger partial charge in [-0.25, -0.2) is 0 Å². The lowest BCUT2D eigenvalue weighted by Crippen LogP contribution is -2.30. The van der Waals surface area contributed by atoms with Crippen LogP contribution in [0.15, 0.2) is 0 Å². The van der Waals surface area contributed by atoms with Crippen LogP contribution in [0.4, 0.5) is 0 Å². The first kappa shape index (κ1) is 65.4. The molecule has 0 aromatic carbocycles. The number of hydrogen-bond acceptors (Lipinski definition) is 6. The minimum atomic E-state index is -0.763. The van der Waals surface area contributed by atoms with E-state index in [2.05, 4.69) is 34.6 Å². The molecule has 0 saturated carbocycles. The number of unbranched alkanes of at least 4 members (excludes halogenated alkanes) is 39. The van der Waals surface area contributed by atoms with Gasteiger partial charge in [-0.05, 0) is 31.1 Å². The minimum absolute atomic E-state index is 0.0624. The Balaban J connectivity index is 4.25. The standard InChI is InChI=1S/C61H118O6/c1-6-8-9-10-11-12-13-20-26-31-36-41-46-51-59(62)65-54-58(55-66-60(63)52-47-42-37-32-28-23-24-29-34-39-44-49-56(3)4)67-61(64)53-48-43-38-33-27-22-19-17-15-14-16-18-21-25-30-35-40-45-50-57(5)7-2/h56-58H,6-55H2,1-5H3/t57?,58-/m1/s1. The Morgan fingerprint density at radius 1 is 0.313 bits per heavy atom. The second kappa shape index (κ2) is 53.8. The number of hydrogen-bond donors (Lipinski definition) is 0. The van der Waals surface area contributed by atoms with Crippen molar-refractivity contribution in [2.45, 2.75) is 349 Å². The molecule has 0 aliphatic rings. The molecule has 0 spiro atoms. The van der Waals surface area contributed by atoms with Gasteiger partial charge in [-0.3, -0.25) is 14.4 Å². The van der Waals surface area contributed by atoms with Crippen molar-refractivity contribution < 1.29 is 28.6 Å². The van der Waals surface area contributed by atoms with Crippen LogP contribution >= 0.6 is 0 Å². The van der Waals surface area contributed by atoms with Crippen LogP contribution in [0.5, 0.6) is 0 Å². The van der Waals surface area contributed by atoms with Crippen LogP contribution in [0.2, 0.25) is 0 Å². The highest BCUT2D eigenvalue weighted by atomic mass is 16.6. The zero-order valence-corrected chi connectivity index (χ0v) is 46.0. The lowest BCUT2D eigenvalue weighted by atomic mass is 9.99. The largest absolute Gasteiger partial charge is 0.462 e. The van der Waals surface area contributed by atoms with Crippen molar-refractivity contribution >= 4 is 17.9 Å². The van der Waals surface area contributed by atoms with Gasteiger partial charge in [0.05, 0.1) is 0 Å². The smallest absolute Gasteiger partial charge is 0.306 e. The zero-order chi connectivity index (χ0) is 48.9. The van der Waals surface area contributed by atoms with Gasteiger partial charge >= 0.3 is 17.9 Å². The van der Waals surface area contributed by atoms with Crippen LogP contribution in [-0.4, -0.2) is 37.2 Å². The van der Waals surface area contributed by atoms with Gasteiger partial charge in [0.15, 0.2) is 6.10 Å². The normalized spacial score (nSPS) is 12.4. The molecule has 0 aliphatic carbocycles. The molecule has 0 heterocycles. The van der Waals surface area contributed by atoms with Gasteiger partial charge in [-0.1, -0.05) is 304 Å². The summed E-state index contributed by atoms with van der Waals surface area (Å²) >= 11 is 0. The van der Waals surface area contributed by atoms with Gasteiger partial charge in [0.1, 0.15) is 13.2 Å². The van der Waals surface area contributed by atoms with E-state index in [9.17, 15) is 14.4 Å². The summed E-state index contributed by atoms with van der Waals surface area (Å²) < 4.78 is 16.9. The van der Waals surface area contributed by atoms with E-state index in [4.69, 9.17) is 14.2 Å². The molecule has 0 rings (SSSR count). The minimum Gasteiger partial charge on any atom is -0.462 e. The molecule has 1 unspecified atom stereocenters. The number of rotatable bonds is 55. The van der Waals surface area contributed by atoms with Gasteiger partial charge in [0.2, 0.25) is 0 Å². The van der Waals surface area contributed by atoms with Crippen molar-refractivity contribution in [1.82, 2.24) is 0 Å². The molecule has 0 aromatic heterocycles. The summed E-state index contributed by atoms with van der Waals surface area (Å²) in [6.07, 6.45) is 58.1. The second-order valence-electron chi connectivity index (χ2n) is 21.7. The predicted molar refractivity (Wildman–Crippen MR) is 289 cm³/mol. The van der Waals surface area contributed by atoms with Gasteiger partial charge in [-0.15, -0.1) is 0 Å². The third-order valence-electron chi connectivity index (χ3n) is 14.3. The summed E-state index contributed by atoms with van der Waals surface area (Å²) in [5, 5.41) is 0. The lowest BCUT2D eigenvalue weighted by Gasteiger charge is -2.18. The molecule has 0 aliphatic heterocycles. The Morgan fingerprint density at radius 3 is 0.851 bits per heavy atom. The van der Waals surface area contributed by atoms with Gasteiger partial charge < -0.3 is 14.2 Å². The molecular weight excluding hydrogens is 829 g/mol. The summed E-state index contributed by atoms with van der Waals surface area (Å²) in [5.74, 6) is 0.899. The van der Waals surface area contributed by atoms with Gasteiger partial charge in [0.25, 0.3) is 0 Å². The Labute approximate surface area is 418 Å². The Kier molecular flexibility index (Phi) is 52.5. The average Bonchev–Trinajstić information content (AvgIpc) is 3.31. The molecule has 67 heavy (non-hydrogen) atoms. The SMILES string of the molecule is CCCCCCCCCCCCCCCC(=O)OC[C@H](COC(=O)CCCCCCCCCCCCCC(C)C)OC(=O)CCCCCCCCCCCCCCCCCCCCC(C)CC. The molecule has 0 radical (unpaired) electrons. The maximum Gasteiger partial charge on any atom is 0.306 e. The average molecular weight is 948 g/mol. The van der Waals surface area contributed by atoms with E-state index in [1.165, 1.54) is 231 Å². The first-order valence-electron chi connectivity index (χ1n) is 30.3. The summed E-state index contributed by atoms with van der Waals surface area (Å²) in [6, 6.07) is 0. The van der Waals surface area contributed by atoms with Gasteiger partial charge in [0, 0.05) is 19.3 Å². The fraction of sp³-hybridized carbons (Fsp3) is 0.951. The highest BCUT2D eigenvalue weighted by molar-refractivity contribution is 5.71. The third kappa shape index (κ3) is 53.6. The van der Waals surface area contributed by atoms with Crippen molar-refractivity contribution in [2.24, 2.45) is 11.8 Å². The van der Waals surface area contributed by atoms with Crippen molar-refractivity contribution in [3.8, 4) is 0 Å². The molecule has 0 N–H and O–H groups in total. The highest BCUT2D eigenvalue weighted by Gasteiger charge is 2.19. The maximum absolute atomic E-state index is 12.9. The summed E-state index contributed by atoms with van der Waals surface area (Å²) in [4.78, 5) is 38.2. The molecule has 6 heteroatoms. The topological polar surface area (TPSA) is 78.9 Å². The fourth-order valence-electron chi connectivity index (χ4n) is 9.37. The van der Waals surface area contributed by atoms with Crippen LogP contribution in [-0.2, 0) is 28.6 Å². The predicted octanol–water partition coefficient (Wildman–Crippen LogP) is 20.0. The maximum atomic E-state index is 12.9. The molecule has 6 nitrogen and oxygen atoms in total.